The molecule has 4 unspecified atom stereocenters. The molecular weight excluding hydrogens is 267 g/mol. The Morgan fingerprint density at radius 3 is 2.28 bits per heavy atom. The molecule has 2 fully saturated rings. The van der Waals surface area contributed by atoms with Gasteiger partial charge in [0.25, 0.3) is 0 Å². The summed E-state index contributed by atoms with van der Waals surface area (Å²) in [6.07, 6.45) is -3.30. The summed E-state index contributed by atoms with van der Waals surface area (Å²) in [5.74, 6) is -1.34. The van der Waals surface area contributed by atoms with Gasteiger partial charge in [-0.1, -0.05) is 0 Å². The minimum atomic E-state index is -4.30. The summed E-state index contributed by atoms with van der Waals surface area (Å²) < 4.78 is 38.2. The van der Waals surface area contributed by atoms with E-state index in [-0.39, 0.29) is 18.8 Å². The number of alkyl halides is 4. The zero-order valence-electron chi connectivity index (χ0n) is 10.1. The van der Waals surface area contributed by atoms with Gasteiger partial charge in [-0.15, -0.1) is 11.6 Å². The lowest BCUT2D eigenvalue weighted by Gasteiger charge is -2.42. The Balaban J connectivity index is 2.00. The molecule has 2 N–H and O–H groups in total. The summed E-state index contributed by atoms with van der Waals surface area (Å²) in [5, 5.41) is 12.3. The number of rotatable bonds is 1. The average Bonchev–Trinajstić information content (AvgIpc) is 2.31. The highest BCUT2D eigenvalue weighted by Crippen LogP contribution is 2.45. The first kappa shape index (κ1) is 14.4. The average molecular weight is 286 g/mol. The lowest BCUT2D eigenvalue weighted by atomic mass is 9.71. The van der Waals surface area contributed by atoms with Crippen LogP contribution >= 0.6 is 11.6 Å². The highest BCUT2D eigenvalue weighted by molar-refractivity contribution is 6.20. The highest BCUT2D eigenvalue weighted by atomic mass is 35.5. The van der Waals surface area contributed by atoms with Gasteiger partial charge in [-0.2, -0.15) is 13.2 Å². The van der Waals surface area contributed by atoms with Gasteiger partial charge in [0.15, 0.2) is 0 Å². The van der Waals surface area contributed by atoms with Crippen LogP contribution in [0.1, 0.15) is 25.7 Å². The monoisotopic (exact) mass is 285 g/mol. The van der Waals surface area contributed by atoms with E-state index < -0.39 is 23.6 Å². The lowest BCUT2D eigenvalue weighted by Crippen LogP contribution is -2.46. The van der Waals surface area contributed by atoms with Gasteiger partial charge >= 0.3 is 6.18 Å². The fourth-order valence-electron chi connectivity index (χ4n) is 3.28. The van der Waals surface area contributed by atoms with Crippen molar-refractivity contribution in [2.24, 2.45) is 17.8 Å². The second-order valence-electron chi connectivity index (χ2n) is 5.45. The number of aliphatic hydroxyl groups excluding tert-OH is 1. The number of aliphatic hydroxyl groups is 1. The van der Waals surface area contributed by atoms with E-state index in [1.54, 1.807) is 0 Å². The van der Waals surface area contributed by atoms with Crippen molar-refractivity contribution < 1.29 is 18.3 Å². The van der Waals surface area contributed by atoms with Gasteiger partial charge in [0, 0.05) is 5.38 Å². The van der Waals surface area contributed by atoms with Gasteiger partial charge < -0.3 is 10.4 Å². The standard InChI is InChI=1S/C12H19ClF3NO/c13-10-5-8(7-1-3-17-4-2-7)11(18)6-9(10)12(14,15)16/h7-11,17-18H,1-6H2. The third kappa shape index (κ3) is 3.11. The quantitative estimate of drug-likeness (QED) is 0.726. The SMILES string of the molecule is OC1CC(C(F)(F)F)C(Cl)CC1C1CCNCC1. The minimum absolute atomic E-state index is 0.0757. The second-order valence-corrected chi connectivity index (χ2v) is 6.01. The predicted molar refractivity (Wildman–Crippen MR) is 63.5 cm³/mol. The van der Waals surface area contributed by atoms with Gasteiger partial charge in [0.1, 0.15) is 0 Å². The molecule has 1 heterocycles. The minimum Gasteiger partial charge on any atom is -0.393 e. The first-order valence-electron chi connectivity index (χ1n) is 6.49. The zero-order chi connectivity index (χ0) is 13.3. The second kappa shape index (κ2) is 5.55. The van der Waals surface area contributed by atoms with Gasteiger partial charge in [-0.05, 0) is 50.6 Å². The van der Waals surface area contributed by atoms with Crippen molar-refractivity contribution in [2.75, 3.05) is 13.1 Å². The summed E-state index contributed by atoms with van der Waals surface area (Å²) in [6.45, 7) is 1.76. The van der Waals surface area contributed by atoms with Crippen molar-refractivity contribution in [1.82, 2.24) is 5.32 Å². The molecule has 0 spiro atoms. The van der Waals surface area contributed by atoms with Crippen molar-refractivity contribution in [1.29, 1.82) is 0 Å². The van der Waals surface area contributed by atoms with E-state index in [0.717, 1.165) is 25.9 Å². The number of halogens is 4. The molecule has 1 saturated heterocycles. The van der Waals surface area contributed by atoms with E-state index in [4.69, 9.17) is 11.6 Å². The van der Waals surface area contributed by atoms with Crippen molar-refractivity contribution in [3.8, 4) is 0 Å². The van der Waals surface area contributed by atoms with E-state index in [0.29, 0.717) is 5.92 Å². The molecule has 18 heavy (non-hydrogen) atoms. The first-order chi connectivity index (χ1) is 8.39. The van der Waals surface area contributed by atoms with Crippen LogP contribution in [0.3, 0.4) is 0 Å². The van der Waals surface area contributed by atoms with Crippen molar-refractivity contribution in [3.63, 3.8) is 0 Å². The molecular formula is C12H19ClF3NO. The Labute approximate surface area is 110 Å². The summed E-state index contributed by atoms with van der Waals surface area (Å²) in [7, 11) is 0. The van der Waals surface area contributed by atoms with Crippen LogP contribution in [-0.4, -0.2) is 35.9 Å². The van der Waals surface area contributed by atoms with Crippen molar-refractivity contribution in [2.45, 2.75) is 43.3 Å². The van der Waals surface area contributed by atoms with Crippen LogP contribution in [0.5, 0.6) is 0 Å². The van der Waals surface area contributed by atoms with Crippen LogP contribution in [-0.2, 0) is 0 Å². The molecule has 4 atom stereocenters. The van der Waals surface area contributed by atoms with Crippen LogP contribution in [0.25, 0.3) is 0 Å². The van der Waals surface area contributed by atoms with Crippen LogP contribution < -0.4 is 5.32 Å². The molecule has 0 amide bonds. The molecule has 2 rings (SSSR count). The molecule has 106 valence electrons. The molecule has 2 aliphatic rings. The summed E-state index contributed by atoms with van der Waals surface area (Å²) >= 11 is 5.90. The Kier molecular flexibility index (Phi) is 4.44. The maximum absolute atomic E-state index is 12.7. The Morgan fingerprint density at radius 2 is 1.72 bits per heavy atom. The number of piperidine rings is 1. The maximum Gasteiger partial charge on any atom is 0.393 e. The summed E-state index contributed by atoms with van der Waals surface area (Å²) in [4.78, 5) is 0. The first-order valence-corrected chi connectivity index (χ1v) is 6.93. The van der Waals surface area contributed by atoms with Crippen LogP contribution in [0.4, 0.5) is 13.2 Å². The van der Waals surface area contributed by atoms with E-state index in [9.17, 15) is 18.3 Å². The molecule has 2 nitrogen and oxygen atoms in total. The third-order valence-corrected chi connectivity index (χ3v) is 4.82. The molecule has 1 aliphatic carbocycles. The highest BCUT2D eigenvalue weighted by Gasteiger charge is 2.50. The molecule has 0 bridgehead atoms. The van der Waals surface area contributed by atoms with Gasteiger partial charge in [0.05, 0.1) is 12.0 Å². The van der Waals surface area contributed by atoms with E-state index >= 15 is 0 Å². The molecule has 0 aromatic heterocycles. The normalized spacial score (nSPS) is 39.8. The lowest BCUT2D eigenvalue weighted by molar-refractivity contribution is -0.194. The topological polar surface area (TPSA) is 32.3 Å². The molecule has 0 aromatic carbocycles. The summed E-state index contributed by atoms with van der Waals surface area (Å²) in [6, 6.07) is 0. The third-order valence-electron chi connectivity index (χ3n) is 4.33. The molecule has 1 aliphatic heterocycles. The molecule has 6 heteroatoms. The van der Waals surface area contributed by atoms with Gasteiger partial charge in [0.2, 0.25) is 0 Å². The Morgan fingerprint density at radius 1 is 1.11 bits per heavy atom. The van der Waals surface area contributed by atoms with Crippen molar-refractivity contribution >= 4 is 11.6 Å². The van der Waals surface area contributed by atoms with E-state index in [2.05, 4.69) is 5.32 Å². The fourth-order valence-corrected chi connectivity index (χ4v) is 3.73. The van der Waals surface area contributed by atoms with Crippen molar-refractivity contribution in [3.05, 3.63) is 0 Å². The summed E-state index contributed by atoms with van der Waals surface area (Å²) in [5.41, 5.74) is 0. The van der Waals surface area contributed by atoms with E-state index in [1.165, 1.54) is 0 Å². The van der Waals surface area contributed by atoms with E-state index in [1.807, 2.05) is 0 Å². The molecule has 1 saturated carbocycles. The van der Waals surface area contributed by atoms with Crippen LogP contribution in [0, 0.1) is 17.8 Å². The van der Waals surface area contributed by atoms with Crippen LogP contribution in [0.2, 0.25) is 0 Å². The van der Waals surface area contributed by atoms with Gasteiger partial charge in [-0.3, -0.25) is 0 Å². The smallest absolute Gasteiger partial charge is 0.393 e. The predicted octanol–water partition coefficient (Wildman–Crippen LogP) is 2.54. The number of hydrogen-bond donors (Lipinski definition) is 2. The number of nitrogens with one attached hydrogen (secondary N) is 1. The Hall–Kier alpha value is -0.0000000000000000208. The fraction of sp³-hybridized carbons (Fsp3) is 1.00. The van der Waals surface area contributed by atoms with Crippen LogP contribution in [0.15, 0.2) is 0 Å². The molecule has 0 aromatic rings. The molecule has 0 radical (unpaired) electrons. The maximum atomic E-state index is 12.7. The largest absolute Gasteiger partial charge is 0.393 e. The number of hydrogen-bond acceptors (Lipinski definition) is 2. The zero-order valence-corrected chi connectivity index (χ0v) is 10.8. The van der Waals surface area contributed by atoms with Gasteiger partial charge in [-0.25, -0.2) is 0 Å². The Bertz CT molecular complexity index is 281.